The smallest absolute Gasteiger partial charge is 0.256 e. The first-order chi connectivity index (χ1) is 12.4. The van der Waals surface area contributed by atoms with Crippen molar-refractivity contribution >= 4 is 28.5 Å². The van der Waals surface area contributed by atoms with Gasteiger partial charge in [-0.25, -0.2) is 4.98 Å². The largest absolute Gasteiger partial charge is 0.494 e. The van der Waals surface area contributed by atoms with Crippen molar-refractivity contribution in [2.75, 3.05) is 26.5 Å². The number of methoxy groups -OCH3 is 1. The molecule has 2 aromatic heterocycles. The van der Waals surface area contributed by atoms with Crippen molar-refractivity contribution in [3.05, 3.63) is 47.8 Å². The molecule has 1 N–H and O–H groups in total. The van der Waals surface area contributed by atoms with Gasteiger partial charge in [0.1, 0.15) is 17.1 Å². The maximum absolute atomic E-state index is 12.6. The average molecular weight is 353 g/mol. The van der Waals surface area contributed by atoms with Crippen molar-refractivity contribution in [2.24, 2.45) is 7.05 Å². The highest BCUT2D eigenvalue weighted by Crippen LogP contribution is 2.26. The van der Waals surface area contributed by atoms with Gasteiger partial charge in [-0.05, 0) is 24.3 Å². The number of pyridine rings is 1. The summed E-state index contributed by atoms with van der Waals surface area (Å²) >= 11 is 0. The fourth-order valence-electron chi connectivity index (χ4n) is 2.55. The Balaban J connectivity index is 1.84. The number of benzene rings is 1. The van der Waals surface area contributed by atoms with Crippen LogP contribution >= 0.6 is 0 Å². The standard InChI is InChI=1S/C18H19N5O3/c1-22(2)18(25)11-5-6-15(19-9-11)20-17(24)12-7-13-10-23(3)21-16(13)14(8-12)26-4/h5-10H,1-4H3,(H,19,20,24). The van der Waals surface area contributed by atoms with Gasteiger partial charge < -0.3 is 15.0 Å². The molecule has 134 valence electrons. The molecule has 0 radical (unpaired) electrons. The van der Waals surface area contributed by atoms with Crippen molar-refractivity contribution in [1.82, 2.24) is 19.7 Å². The Hall–Kier alpha value is -3.42. The van der Waals surface area contributed by atoms with Crippen molar-refractivity contribution in [3.63, 3.8) is 0 Å². The summed E-state index contributed by atoms with van der Waals surface area (Å²) in [5.74, 6) is 0.402. The predicted molar refractivity (Wildman–Crippen MR) is 97.5 cm³/mol. The van der Waals surface area contributed by atoms with E-state index in [0.717, 1.165) is 5.39 Å². The second-order valence-corrected chi connectivity index (χ2v) is 6.00. The van der Waals surface area contributed by atoms with Crippen molar-refractivity contribution in [3.8, 4) is 5.75 Å². The number of fused-ring (bicyclic) bond motifs is 1. The number of carbonyl (C=O) groups is 2. The fraction of sp³-hybridized carbons (Fsp3) is 0.222. The molecule has 0 saturated heterocycles. The number of ether oxygens (including phenoxy) is 1. The van der Waals surface area contributed by atoms with E-state index < -0.39 is 0 Å². The quantitative estimate of drug-likeness (QED) is 0.774. The lowest BCUT2D eigenvalue weighted by atomic mass is 10.1. The molecule has 0 aliphatic rings. The number of nitrogens with zero attached hydrogens (tertiary/aromatic N) is 4. The number of carbonyl (C=O) groups excluding carboxylic acids is 2. The van der Waals surface area contributed by atoms with Crippen LogP contribution in [-0.4, -0.2) is 52.7 Å². The van der Waals surface area contributed by atoms with Gasteiger partial charge >= 0.3 is 0 Å². The maximum atomic E-state index is 12.6. The van der Waals surface area contributed by atoms with Crippen molar-refractivity contribution in [2.45, 2.75) is 0 Å². The zero-order valence-electron chi connectivity index (χ0n) is 15.0. The topological polar surface area (TPSA) is 89.4 Å². The van der Waals surface area contributed by atoms with E-state index in [1.165, 1.54) is 18.2 Å². The van der Waals surface area contributed by atoms with Gasteiger partial charge in [0.2, 0.25) is 0 Å². The normalized spacial score (nSPS) is 10.6. The van der Waals surface area contributed by atoms with Gasteiger partial charge in [0, 0.05) is 44.5 Å². The third-order valence-corrected chi connectivity index (χ3v) is 3.83. The lowest BCUT2D eigenvalue weighted by Gasteiger charge is -2.10. The number of amides is 2. The highest BCUT2D eigenvalue weighted by atomic mass is 16.5. The lowest BCUT2D eigenvalue weighted by molar-refractivity contribution is 0.0827. The van der Waals surface area contributed by atoms with E-state index in [9.17, 15) is 9.59 Å². The molecule has 8 heteroatoms. The molecule has 0 aliphatic carbocycles. The summed E-state index contributed by atoms with van der Waals surface area (Å²) in [6.45, 7) is 0. The minimum absolute atomic E-state index is 0.151. The summed E-state index contributed by atoms with van der Waals surface area (Å²) in [5.41, 5.74) is 1.57. The SMILES string of the molecule is COc1cc(C(=O)Nc2ccc(C(=O)N(C)C)cn2)cc2cn(C)nc12. The molecule has 0 aliphatic heterocycles. The average Bonchev–Trinajstić information content (AvgIpc) is 3.00. The highest BCUT2D eigenvalue weighted by Gasteiger charge is 2.14. The molecule has 0 unspecified atom stereocenters. The number of nitrogens with one attached hydrogen (secondary N) is 1. The van der Waals surface area contributed by atoms with Gasteiger partial charge in [-0.3, -0.25) is 14.3 Å². The van der Waals surface area contributed by atoms with Crippen LogP contribution in [0.15, 0.2) is 36.7 Å². The number of hydrogen-bond donors (Lipinski definition) is 1. The van der Waals surface area contributed by atoms with E-state index in [1.54, 1.807) is 50.1 Å². The fourth-order valence-corrected chi connectivity index (χ4v) is 2.55. The van der Waals surface area contributed by atoms with E-state index in [-0.39, 0.29) is 11.8 Å². The van der Waals surface area contributed by atoms with Crippen LogP contribution in [-0.2, 0) is 7.05 Å². The minimum Gasteiger partial charge on any atom is -0.494 e. The summed E-state index contributed by atoms with van der Waals surface area (Å²) in [6.07, 6.45) is 3.25. The van der Waals surface area contributed by atoms with Gasteiger partial charge in [-0.2, -0.15) is 5.10 Å². The molecule has 0 fully saturated rings. The number of hydrogen-bond acceptors (Lipinski definition) is 5. The summed E-state index contributed by atoms with van der Waals surface area (Å²) in [4.78, 5) is 30.0. The van der Waals surface area contributed by atoms with E-state index in [0.29, 0.717) is 28.2 Å². The molecule has 0 spiro atoms. The number of aromatic nitrogens is 3. The van der Waals surface area contributed by atoms with Crippen molar-refractivity contribution < 1.29 is 14.3 Å². The number of rotatable bonds is 4. The molecule has 0 bridgehead atoms. The maximum Gasteiger partial charge on any atom is 0.256 e. The first kappa shape index (κ1) is 17.4. The molecule has 3 rings (SSSR count). The highest BCUT2D eigenvalue weighted by molar-refractivity contribution is 6.07. The van der Waals surface area contributed by atoms with E-state index in [2.05, 4.69) is 15.4 Å². The van der Waals surface area contributed by atoms with Crippen LogP contribution in [0.5, 0.6) is 5.75 Å². The van der Waals surface area contributed by atoms with Crippen LogP contribution in [0.4, 0.5) is 5.82 Å². The molecular weight excluding hydrogens is 334 g/mol. The lowest BCUT2D eigenvalue weighted by Crippen LogP contribution is -2.22. The Kier molecular flexibility index (Phi) is 4.57. The van der Waals surface area contributed by atoms with Crippen LogP contribution in [0, 0.1) is 0 Å². The van der Waals surface area contributed by atoms with E-state index in [1.807, 2.05) is 6.20 Å². The van der Waals surface area contributed by atoms with Gasteiger partial charge in [0.15, 0.2) is 0 Å². The minimum atomic E-state index is -0.326. The predicted octanol–water partition coefficient (Wildman–Crippen LogP) is 1.93. The molecule has 0 saturated carbocycles. The number of anilines is 1. The van der Waals surface area contributed by atoms with Crippen LogP contribution in [0.25, 0.3) is 10.9 Å². The van der Waals surface area contributed by atoms with Crippen molar-refractivity contribution in [1.29, 1.82) is 0 Å². The van der Waals surface area contributed by atoms with Gasteiger partial charge in [0.05, 0.1) is 12.7 Å². The Morgan fingerprint density at radius 1 is 1.19 bits per heavy atom. The Labute approximate surface area is 150 Å². The van der Waals surface area contributed by atoms with Crippen LogP contribution < -0.4 is 10.1 Å². The summed E-state index contributed by atoms with van der Waals surface area (Å²) in [7, 11) is 6.67. The van der Waals surface area contributed by atoms with Crippen LogP contribution in [0.2, 0.25) is 0 Å². The molecule has 2 amide bonds. The summed E-state index contributed by atoms with van der Waals surface area (Å²) in [5, 5.41) is 7.84. The second kappa shape index (κ2) is 6.83. The molecule has 26 heavy (non-hydrogen) atoms. The zero-order chi connectivity index (χ0) is 18.8. The molecular formula is C18H19N5O3. The third kappa shape index (κ3) is 3.34. The summed E-state index contributed by atoms with van der Waals surface area (Å²) in [6, 6.07) is 6.59. The zero-order valence-corrected chi connectivity index (χ0v) is 15.0. The molecule has 2 heterocycles. The van der Waals surface area contributed by atoms with Gasteiger partial charge in [-0.15, -0.1) is 0 Å². The Bertz CT molecular complexity index is 976. The van der Waals surface area contributed by atoms with E-state index >= 15 is 0 Å². The van der Waals surface area contributed by atoms with Gasteiger partial charge in [-0.1, -0.05) is 0 Å². The summed E-state index contributed by atoms with van der Waals surface area (Å²) < 4.78 is 7.00. The first-order valence-electron chi connectivity index (χ1n) is 7.89. The number of aryl methyl sites for hydroxylation is 1. The molecule has 3 aromatic rings. The molecule has 8 nitrogen and oxygen atoms in total. The Morgan fingerprint density at radius 3 is 2.58 bits per heavy atom. The monoisotopic (exact) mass is 353 g/mol. The van der Waals surface area contributed by atoms with E-state index in [4.69, 9.17) is 4.74 Å². The van der Waals surface area contributed by atoms with Gasteiger partial charge in [0.25, 0.3) is 11.8 Å². The molecule has 1 aromatic carbocycles. The first-order valence-corrected chi connectivity index (χ1v) is 7.89. The second-order valence-electron chi connectivity index (χ2n) is 6.00. The Morgan fingerprint density at radius 2 is 1.96 bits per heavy atom. The van der Waals surface area contributed by atoms with Crippen LogP contribution in [0.3, 0.4) is 0 Å². The van der Waals surface area contributed by atoms with Crippen LogP contribution in [0.1, 0.15) is 20.7 Å². The molecule has 0 atom stereocenters. The third-order valence-electron chi connectivity index (χ3n) is 3.83.